The van der Waals surface area contributed by atoms with Gasteiger partial charge in [-0.2, -0.15) is 0 Å². The average Bonchev–Trinajstić information content (AvgIpc) is 3.59. The van der Waals surface area contributed by atoms with Crippen LogP contribution in [0.5, 0.6) is 0 Å². The third-order valence-electron chi connectivity index (χ3n) is 9.77. The molecule has 1 spiro atoms. The maximum Gasteiger partial charge on any atom is 0.250 e. The highest BCUT2D eigenvalue weighted by molar-refractivity contribution is 6.05. The molecule has 2 bridgehead atoms. The molecule has 2 unspecified atom stereocenters. The van der Waals surface area contributed by atoms with Crippen molar-refractivity contribution in [1.29, 1.82) is 0 Å². The van der Waals surface area contributed by atoms with E-state index >= 15 is 0 Å². The molecule has 2 aromatic rings. The highest BCUT2D eigenvalue weighted by Gasteiger charge is 2.79. The number of hydrogen-bond acceptors (Lipinski definition) is 6. The maximum absolute atomic E-state index is 14.4. The molecule has 5 rings (SSSR count). The molecule has 0 radical (unpaired) electrons. The van der Waals surface area contributed by atoms with Gasteiger partial charge in [-0.25, -0.2) is 0 Å². The van der Waals surface area contributed by atoms with E-state index in [0.717, 1.165) is 18.8 Å². The largest absolute Gasteiger partial charge is 0.394 e. The second kappa shape index (κ2) is 11.7. The number of rotatable bonds is 11. The minimum Gasteiger partial charge on any atom is -0.394 e. The molecule has 3 fully saturated rings. The van der Waals surface area contributed by atoms with Gasteiger partial charge in [0, 0.05) is 30.2 Å². The Kier molecular flexibility index (Phi) is 8.36. The van der Waals surface area contributed by atoms with Crippen LogP contribution < -0.4 is 15.5 Å². The number of nitrogens with zero attached hydrogens (tertiary/aromatic N) is 2. The van der Waals surface area contributed by atoms with Crippen molar-refractivity contribution in [3.63, 3.8) is 0 Å². The van der Waals surface area contributed by atoms with Crippen molar-refractivity contribution in [3.8, 4) is 0 Å². The summed E-state index contributed by atoms with van der Waals surface area (Å²) in [5.41, 5.74) is 0.306. The first kappa shape index (κ1) is 30.0. The van der Waals surface area contributed by atoms with Crippen molar-refractivity contribution in [2.45, 2.75) is 77.2 Å². The van der Waals surface area contributed by atoms with E-state index in [1.54, 1.807) is 0 Å². The van der Waals surface area contributed by atoms with Crippen LogP contribution in [-0.2, 0) is 19.1 Å². The first-order chi connectivity index (χ1) is 20.2. The third-order valence-corrected chi connectivity index (χ3v) is 9.77. The summed E-state index contributed by atoms with van der Waals surface area (Å²) in [6.07, 6.45) is 1.60. The molecule has 0 aliphatic carbocycles. The monoisotopic (exact) mass is 576 g/mol. The summed E-state index contributed by atoms with van der Waals surface area (Å²) in [5, 5.41) is 16.5. The van der Waals surface area contributed by atoms with Crippen LogP contribution >= 0.6 is 0 Å². The van der Waals surface area contributed by atoms with Gasteiger partial charge in [0.1, 0.15) is 11.6 Å². The number of benzene rings is 2. The van der Waals surface area contributed by atoms with Crippen LogP contribution in [0, 0.1) is 17.8 Å². The Hall–Kier alpha value is -3.43. The zero-order valence-corrected chi connectivity index (χ0v) is 25.3. The Balaban J connectivity index is 1.52. The summed E-state index contributed by atoms with van der Waals surface area (Å²) in [6.45, 7) is 11.5. The van der Waals surface area contributed by atoms with Gasteiger partial charge in [0.05, 0.1) is 30.1 Å². The van der Waals surface area contributed by atoms with Gasteiger partial charge in [-0.05, 0) is 75.4 Å². The van der Waals surface area contributed by atoms with Crippen molar-refractivity contribution in [2.75, 3.05) is 35.2 Å². The van der Waals surface area contributed by atoms with Gasteiger partial charge in [-0.15, -0.1) is 0 Å². The second-order valence-corrected chi connectivity index (χ2v) is 12.1. The molecular weight excluding hydrogens is 532 g/mol. The molecule has 9 nitrogen and oxygen atoms in total. The Morgan fingerprint density at radius 2 is 1.60 bits per heavy atom. The Morgan fingerprint density at radius 3 is 2.17 bits per heavy atom. The predicted molar refractivity (Wildman–Crippen MR) is 163 cm³/mol. The van der Waals surface area contributed by atoms with Crippen molar-refractivity contribution >= 4 is 34.8 Å². The van der Waals surface area contributed by atoms with Crippen molar-refractivity contribution in [2.24, 2.45) is 17.8 Å². The van der Waals surface area contributed by atoms with Crippen LogP contribution in [0.15, 0.2) is 54.6 Å². The van der Waals surface area contributed by atoms with Gasteiger partial charge in [-0.1, -0.05) is 39.0 Å². The van der Waals surface area contributed by atoms with Crippen molar-refractivity contribution < 1.29 is 24.2 Å². The summed E-state index contributed by atoms with van der Waals surface area (Å²) < 4.78 is 6.85. The Labute approximate surface area is 248 Å². The molecule has 6 atom stereocenters. The number of anilines is 3. The van der Waals surface area contributed by atoms with E-state index in [1.807, 2.05) is 75.4 Å². The summed E-state index contributed by atoms with van der Waals surface area (Å²) in [7, 11) is 0. The predicted octanol–water partition coefficient (Wildman–Crippen LogP) is 4.28. The molecule has 3 amide bonds. The summed E-state index contributed by atoms with van der Waals surface area (Å²) in [5.74, 6) is -2.65. The normalized spacial score (nSPS) is 28.6. The lowest BCUT2D eigenvalue weighted by Crippen LogP contribution is -2.57. The molecule has 3 aliphatic rings. The standard InChI is InChI=1S/C33H44N4O5/c1-6-32-18-19-33(42-32)27(26(32)29(39)34-22-12-10-9-11-13-22)31(41)37(25(20-38)21(4)5)28(33)30(40)35-23-14-16-24(17-15-23)36(7-2)8-3/h9-17,21,25-28,38H,6-8,18-20H2,1-5H3,(H,34,39)(H,35,40)/t25-,26+,27-,28?,32-,33?/m0/s1. The molecule has 2 aromatic carbocycles. The number of carbonyl (C=O) groups excluding carboxylic acids is 3. The lowest BCUT2D eigenvalue weighted by Gasteiger charge is -2.38. The van der Waals surface area contributed by atoms with Gasteiger partial charge in [0.15, 0.2) is 0 Å². The van der Waals surface area contributed by atoms with Gasteiger partial charge in [0.25, 0.3) is 0 Å². The summed E-state index contributed by atoms with van der Waals surface area (Å²) >= 11 is 0. The number of hydrogen-bond donors (Lipinski definition) is 3. The fourth-order valence-electron chi connectivity index (χ4n) is 7.63. The molecule has 42 heavy (non-hydrogen) atoms. The number of amides is 3. The number of fused-ring (bicyclic) bond motifs is 1. The first-order valence-electron chi connectivity index (χ1n) is 15.3. The highest BCUT2D eigenvalue weighted by Crippen LogP contribution is 2.64. The number of aliphatic hydroxyl groups excluding tert-OH is 1. The lowest BCUT2D eigenvalue weighted by atomic mass is 9.65. The number of carbonyl (C=O) groups is 3. The zero-order valence-electron chi connectivity index (χ0n) is 25.3. The minimum atomic E-state index is -1.17. The molecule has 3 heterocycles. The molecule has 3 saturated heterocycles. The van der Waals surface area contributed by atoms with Gasteiger partial charge < -0.3 is 30.3 Å². The fraction of sp³-hybridized carbons (Fsp3) is 0.545. The third kappa shape index (κ3) is 4.76. The van der Waals surface area contributed by atoms with Crippen LogP contribution in [0.25, 0.3) is 0 Å². The summed E-state index contributed by atoms with van der Waals surface area (Å²) in [4.78, 5) is 46.3. The van der Waals surface area contributed by atoms with E-state index in [0.29, 0.717) is 30.6 Å². The topological polar surface area (TPSA) is 111 Å². The lowest BCUT2D eigenvalue weighted by molar-refractivity contribution is -0.149. The van der Waals surface area contributed by atoms with E-state index in [-0.39, 0.29) is 30.2 Å². The SMILES string of the molecule is CCN(CC)c1ccc(NC(=O)C2N([C@@H](CO)C(C)C)C(=O)[C@@H]3[C@H](C(=O)Nc4ccccc4)[C@]4(CC)CCC23O4)cc1. The van der Waals surface area contributed by atoms with Crippen LogP contribution in [0.1, 0.15) is 53.9 Å². The smallest absolute Gasteiger partial charge is 0.250 e. The van der Waals surface area contributed by atoms with Crippen molar-refractivity contribution in [1.82, 2.24) is 4.90 Å². The van der Waals surface area contributed by atoms with Crippen LogP contribution in [0.2, 0.25) is 0 Å². The molecule has 226 valence electrons. The zero-order chi connectivity index (χ0) is 30.2. The first-order valence-corrected chi connectivity index (χ1v) is 15.3. The number of aliphatic hydroxyl groups is 1. The van der Waals surface area contributed by atoms with Gasteiger partial charge in [0.2, 0.25) is 17.7 Å². The van der Waals surface area contributed by atoms with E-state index in [1.165, 1.54) is 4.90 Å². The molecule has 3 aliphatic heterocycles. The Bertz CT molecular complexity index is 1300. The summed E-state index contributed by atoms with van der Waals surface area (Å²) in [6, 6.07) is 15.3. The number of likely N-dealkylation sites (tertiary alicyclic amines) is 1. The fourth-order valence-corrected chi connectivity index (χ4v) is 7.63. The number of nitrogens with one attached hydrogen (secondary N) is 2. The minimum absolute atomic E-state index is 0.119. The number of para-hydroxylation sites is 1. The van der Waals surface area contributed by atoms with Crippen LogP contribution in [-0.4, -0.2) is 70.7 Å². The van der Waals surface area contributed by atoms with Gasteiger partial charge >= 0.3 is 0 Å². The van der Waals surface area contributed by atoms with Gasteiger partial charge in [-0.3, -0.25) is 14.4 Å². The molecular formula is C33H44N4O5. The molecule has 0 aromatic heterocycles. The molecule has 9 heteroatoms. The molecule has 0 saturated carbocycles. The second-order valence-electron chi connectivity index (χ2n) is 12.1. The highest BCUT2D eigenvalue weighted by atomic mass is 16.5. The van der Waals surface area contributed by atoms with E-state index in [4.69, 9.17) is 4.74 Å². The average molecular weight is 577 g/mol. The van der Waals surface area contributed by atoms with E-state index < -0.39 is 35.1 Å². The van der Waals surface area contributed by atoms with E-state index in [9.17, 15) is 19.5 Å². The van der Waals surface area contributed by atoms with E-state index in [2.05, 4.69) is 29.4 Å². The van der Waals surface area contributed by atoms with Crippen LogP contribution in [0.3, 0.4) is 0 Å². The Morgan fingerprint density at radius 1 is 0.976 bits per heavy atom. The van der Waals surface area contributed by atoms with Crippen molar-refractivity contribution in [3.05, 3.63) is 54.6 Å². The maximum atomic E-state index is 14.4. The van der Waals surface area contributed by atoms with Crippen LogP contribution in [0.4, 0.5) is 17.1 Å². The number of ether oxygens (including phenoxy) is 1. The quantitative estimate of drug-likeness (QED) is 0.368. The molecule has 3 N–H and O–H groups in total.